The molecule has 1 heterocycles. The minimum atomic E-state index is -0.219. The van der Waals surface area contributed by atoms with Crippen LogP contribution < -0.4 is 10.6 Å². The zero-order valence-electron chi connectivity index (χ0n) is 11.4. The number of anilines is 2. The summed E-state index contributed by atoms with van der Waals surface area (Å²) in [5.74, 6) is 0.213. The Morgan fingerprint density at radius 3 is 2.70 bits per heavy atom. The van der Waals surface area contributed by atoms with E-state index in [1.165, 1.54) is 0 Å². The van der Waals surface area contributed by atoms with Crippen molar-refractivity contribution in [1.82, 2.24) is 4.98 Å². The molecule has 0 bridgehead atoms. The van der Waals surface area contributed by atoms with E-state index >= 15 is 0 Å². The Kier molecular flexibility index (Phi) is 4.58. The molecule has 5 heteroatoms. The van der Waals surface area contributed by atoms with Gasteiger partial charge in [0.2, 0.25) is 0 Å². The minimum Gasteiger partial charge on any atom is -0.382 e. The fraction of sp³-hybridized carbons (Fsp3) is 0.200. The molecule has 0 aliphatic rings. The maximum Gasteiger partial charge on any atom is 0.258 e. The molecule has 0 aliphatic heterocycles. The highest BCUT2D eigenvalue weighted by Gasteiger charge is 2.12. The summed E-state index contributed by atoms with van der Waals surface area (Å²) >= 11 is 5.87. The summed E-state index contributed by atoms with van der Waals surface area (Å²) in [5, 5.41) is 6.51. The summed E-state index contributed by atoms with van der Waals surface area (Å²) in [6.45, 7) is 4.04. The Morgan fingerprint density at radius 1 is 1.25 bits per heavy atom. The third-order valence-electron chi connectivity index (χ3n) is 2.58. The number of nitrogens with zero attached hydrogens (tertiary/aromatic N) is 1. The van der Waals surface area contributed by atoms with Crippen LogP contribution in [0.4, 0.5) is 11.5 Å². The molecule has 20 heavy (non-hydrogen) atoms. The summed E-state index contributed by atoms with van der Waals surface area (Å²) < 4.78 is 0. The number of benzene rings is 1. The normalized spacial score (nSPS) is 10.4. The lowest BCUT2D eigenvalue weighted by molar-refractivity contribution is 0.102. The molecular formula is C15H16ClN3O. The molecule has 4 nitrogen and oxygen atoms in total. The van der Waals surface area contributed by atoms with Crippen LogP contribution in [0.3, 0.4) is 0 Å². The quantitative estimate of drug-likeness (QED) is 0.900. The van der Waals surface area contributed by atoms with E-state index < -0.39 is 0 Å². The van der Waals surface area contributed by atoms with Gasteiger partial charge in [-0.05, 0) is 38.1 Å². The first kappa shape index (κ1) is 14.3. The van der Waals surface area contributed by atoms with Crippen molar-refractivity contribution in [2.45, 2.75) is 19.9 Å². The van der Waals surface area contributed by atoms with Crippen LogP contribution in [-0.4, -0.2) is 16.9 Å². The van der Waals surface area contributed by atoms with Crippen LogP contribution in [0.1, 0.15) is 24.2 Å². The van der Waals surface area contributed by atoms with Crippen LogP contribution in [0, 0.1) is 0 Å². The molecule has 0 saturated carbocycles. The second-order valence-corrected chi connectivity index (χ2v) is 5.09. The van der Waals surface area contributed by atoms with Crippen LogP contribution in [0.25, 0.3) is 0 Å². The molecule has 2 aromatic rings. The third-order valence-corrected chi connectivity index (χ3v) is 2.81. The molecule has 0 saturated heterocycles. The predicted molar refractivity (Wildman–Crippen MR) is 82.4 cm³/mol. The van der Waals surface area contributed by atoms with Gasteiger partial charge in [0.05, 0.1) is 5.56 Å². The van der Waals surface area contributed by atoms with Crippen molar-refractivity contribution in [2.24, 2.45) is 0 Å². The smallest absolute Gasteiger partial charge is 0.258 e. The Balaban J connectivity index is 2.21. The highest BCUT2D eigenvalue weighted by Crippen LogP contribution is 2.18. The Bertz CT molecular complexity index is 614. The van der Waals surface area contributed by atoms with Crippen LogP contribution in [0.5, 0.6) is 0 Å². The number of hydrogen-bond donors (Lipinski definition) is 2. The topological polar surface area (TPSA) is 54.0 Å². The van der Waals surface area contributed by atoms with Crippen molar-refractivity contribution in [1.29, 1.82) is 0 Å². The fourth-order valence-corrected chi connectivity index (χ4v) is 1.93. The van der Waals surface area contributed by atoms with E-state index in [4.69, 9.17) is 11.6 Å². The Morgan fingerprint density at radius 2 is 2.00 bits per heavy atom. The van der Waals surface area contributed by atoms with Gasteiger partial charge in [-0.3, -0.25) is 4.79 Å². The molecule has 0 fully saturated rings. The highest BCUT2D eigenvalue weighted by molar-refractivity contribution is 6.30. The molecule has 2 rings (SSSR count). The predicted octanol–water partition coefficient (Wildman–Crippen LogP) is 3.81. The monoisotopic (exact) mass is 289 g/mol. The number of rotatable bonds is 4. The fourth-order valence-electron chi connectivity index (χ4n) is 1.77. The molecule has 0 unspecified atom stereocenters. The average Bonchev–Trinajstić information content (AvgIpc) is 2.38. The molecular weight excluding hydrogens is 274 g/mol. The lowest BCUT2D eigenvalue weighted by Gasteiger charge is -2.14. The summed E-state index contributed by atoms with van der Waals surface area (Å²) in [5.41, 5.74) is 1.37. The van der Waals surface area contributed by atoms with Crippen molar-refractivity contribution >= 4 is 29.0 Å². The van der Waals surface area contributed by atoms with E-state index in [0.717, 1.165) is 5.69 Å². The molecule has 0 spiro atoms. The molecule has 0 atom stereocenters. The second-order valence-electron chi connectivity index (χ2n) is 4.66. The van der Waals surface area contributed by atoms with Crippen LogP contribution in [-0.2, 0) is 0 Å². The first-order valence-electron chi connectivity index (χ1n) is 6.34. The van der Waals surface area contributed by atoms with Crippen LogP contribution in [0.2, 0.25) is 5.02 Å². The van der Waals surface area contributed by atoms with Gasteiger partial charge in [0.25, 0.3) is 5.91 Å². The van der Waals surface area contributed by atoms with E-state index in [0.29, 0.717) is 16.4 Å². The number of para-hydroxylation sites is 1. The number of nitrogens with one attached hydrogen (secondary N) is 2. The number of amides is 1. The van der Waals surface area contributed by atoms with Gasteiger partial charge >= 0.3 is 0 Å². The van der Waals surface area contributed by atoms with Crippen molar-refractivity contribution < 1.29 is 4.79 Å². The van der Waals surface area contributed by atoms with Gasteiger partial charge in [0.15, 0.2) is 0 Å². The molecule has 1 amide bonds. The van der Waals surface area contributed by atoms with E-state index in [2.05, 4.69) is 15.6 Å². The first-order valence-corrected chi connectivity index (χ1v) is 6.72. The van der Waals surface area contributed by atoms with Crippen molar-refractivity contribution in [3.63, 3.8) is 0 Å². The molecule has 104 valence electrons. The summed E-state index contributed by atoms with van der Waals surface area (Å²) in [4.78, 5) is 16.4. The zero-order chi connectivity index (χ0) is 14.5. The Labute approximate surface area is 123 Å². The van der Waals surface area contributed by atoms with Gasteiger partial charge in [0.1, 0.15) is 5.82 Å². The number of halogens is 1. The summed E-state index contributed by atoms with van der Waals surface area (Å²) in [7, 11) is 0. The molecule has 1 aromatic carbocycles. The summed E-state index contributed by atoms with van der Waals surface area (Å²) in [6, 6.07) is 10.9. The average molecular weight is 290 g/mol. The van der Waals surface area contributed by atoms with Gasteiger partial charge in [-0.1, -0.05) is 23.7 Å². The van der Waals surface area contributed by atoms with E-state index in [-0.39, 0.29) is 11.9 Å². The maximum absolute atomic E-state index is 12.3. The van der Waals surface area contributed by atoms with Gasteiger partial charge in [-0.25, -0.2) is 4.98 Å². The number of aromatic nitrogens is 1. The second kappa shape index (κ2) is 6.39. The van der Waals surface area contributed by atoms with Crippen molar-refractivity contribution in [3.05, 3.63) is 53.2 Å². The van der Waals surface area contributed by atoms with Gasteiger partial charge in [0, 0.05) is 22.9 Å². The number of pyridine rings is 1. The van der Waals surface area contributed by atoms with E-state index in [9.17, 15) is 4.79 Å². The Hall–Kier alpha value is -2.07. The third kappa shape index (κ3) is 3.71. The molecule has 0 radical (unpaired) electrons. The first-order chi connectivity index (χ1) is 9.56. The van der Waals surface area contributed by atoms with Gasteiger partial charge in [-0.2, -0.15) is 0 Å². The van der Waals surface area contributed by atoms with Crippen molar-refractivity contribution in [2.75, 3.05) is 10.6 Å². The van der Waals surface area contributed by atoms with E-state index in [1.807, 2.05) is 32.0 Å². The lowest BCUT2D eigenvalue weighted by Crippen LogP contribution is -2.18. The minimum absolute atomic E-state index is 0.219. The number of carbonyl (C=O) groups excluding carboxylic acids is 1. The summed E-state index contributed by atoms with van der Waals surface area (Å²) in [6.07, 6.45) is 1.55. The molecule has 1 aromatic heterocycles. The molecule has 0 aliphatic carbocycles. The van der Waals surface area contributed by atoms with E-state index in [1.54, 1.807) is 24.4 Å². The standard InChI is InChI=1S/C15H16ClN3O/c1-10(2)18-13-6-4-3-5-12(13)15(20)19-14-9-11(16)7-8-17-14/h3-10,18H,1-2H3,(H,17,19,20). The van der Waals surface area contributed by atoms with Crippen LogP contribution in [0.15, 0.2) is 42.6 Å². The SMILES string of the molecule is CC(C)Nc1ccccc1C(=O)Nc1cc(Cl)ccn1. The lowest BCUT2D eigenvalue weighted by atomic mass is 10.1. The highest BCUT2D eigenvalue weighted by atomic mass is 35.5. The number of carbonyl (C=O) groups is 1. The van der Waals surface area contributed by atoms with Gasteiger partial charge < -0.3 is 10.6 Å². The molecule has 2 N–H and O–H groups in total. The van der Waals surface area contributed by atoms with Crippen LogP contribution >= 0.6 is 11.6 Å². The van der Waals surface area contributed by atoms with Crippen molar-refractivity contribution in [3.8, 4) is 0 Å². The van der Waals surface area contributed by atoms with Gasteiger partial charge in [-0.15, -0.1) is 0 Å². The number of hydrogen-bond acceptors (Lipinski definition) is 3. The maximum atomic E-state index is 12.3. The largest absolute Gasteiger partial charge is 0.382 e. The zero-order valence-corrected chi connectivity index (χ0v) is 12.1.